The molecule has 0 aliphatic heterocycles. The van der Waals surface area contributed by atoms with Crippen molar-refractivity contribution in [1.82, 2.24) is 10.6 Å². The Morgan fingerprint density at radius 2 is 1.65 bits per heavy atom. The SMILES string of the molecule is C[C@H](NC(=O)OCC1c2ccccc2-c2ccccc21)C(=O)N[C@H]1CCC[C@H]1C(=O)O. The largest absolute Gasteiger partial charge is 0.481 e. The van der Waals surface area contributed by atoms with E-state index < -0.39 is 36.0 Å². The van der Waals surface area contributed by atoms with E-state index >= 15 is 0 Å². The Bertz CT molecular complexity index is 959. The van der Waals surface area contributed by atoms with Crippen LogP contribution >= 0.6 is 0 Å². The van der Waals surface area contributed by atoms with E-state index in [4.69, 9.17) is 4.74 Å². The Balaban J connectivity index is 1.33. The van der Waals surface area contributed by atoms with Crippen LogP contribution in [0.4, 0.5) is 4.79 Å². The maximum Gasteiger partial charge on any atom is 0.407 e. The number of hydrogen-bond acceptors (Lipinski definition) is 4. The number of nitrogens with one attached hydrogen (secondary N) is 2. The lowest BCUT2D eigenvalue weighted by molar-refractivity contribution is -0.142. The summed E-state index contributed by atoms with van der Waals surface area (Å²) in [4.78, 5) is 36.0. The van der Waals surface area contributed by atoms with Crippen molar-refractivity contribution in [2.45, 2.75) is 44.2 Å². The fourth-order valence-corrected chi connectivity index (χ4v) is 4.62. The second-order valence-corrected chi connectivity index (χ2v) is 8.18. The lowest BCUT2D eigenvalue weighted by atomic mass is 9.98. The number of carbonyl (C=O) groups excluding carboxylic acids is 2. The molecular weight excluding hydrogens is 396 g/mol. The minimum atomic E-state index is -0.903. The van der Waals surface area contributed by atoms with E-state index in [0.717, 1.165) is 28.7 Å². The molecule has 0 aromatic heterocycles. The van der Waals surface area contributed by atoms with Gasteiger partial charge in [-0.2, -0.15) is 0 Å². The Labute approximate surface area is 180 Å². The Morgan fingerprint density at radius 1 is 1.03 bits per heavy atom. The average molecular weight is 422 g/mol. The van der Waals surface area contributed by atoms with Gasteiger partial charge in [0.25, 0.3) is 0 Å². The van der Waals surface area contributed by atoms with Crippen molar-refractivity contribution in [3.05, 3.63) is 59.7 Å². The molecule has 2 aliphatic rings. The quantitative estimate of drug-likeness (QED) is 0.663. The fourth-order valence-electron chi connectivity index (χ4n) is 4.62. The highest BCUT2D eigenvalue weighted by molar-refractivity contribution is 5.86. The molecule has 1 fully saturated rings. The molecule has 4 rings (SSSR count). The molecule has 0 saturated heterocycles. The van der Waals surface area contributed by atoms with Crippen LogP contribution in [0, 0.1) is 5.92 Å². The van der Waals surface area contributed by atoms with E-state index in [1.165, 1.54) is 0 Å². The summed E-state index contributed by atoms with van der Waals surface area (Å²) >= 11 is 0. The number of rotatable bonds is 6. The Morgan fingerprint density at radius 3 is 2.26 bits per heavy atom. The predicted octanol–water partition coefficient (Wildman–Crippen LogP) is 3.28. The molecule has 3 N–H and O–H groups in total. The highest BCUT2D eigenvalue weighted by atomic mass is 16.5. The normalized spacial score (nSPS) is 20.4. The predicted molar refractivity (Wildman–Crippen MR) is 115 cm³/mol. The maximum atomic E-state index is 12.4. The van der Waals surface area contributed by atoms with Gasteiger partial charge in [-0.15, -0.1) is 0 Å². The van der Waals surface area contributed by atoms with Crippen LogP contribution in [0.5, 0.6) is 0 Å². The van der Waals surface area contributed by atoms with Crippen LogP contribution in [0.25, 0.3) is 11.1 Å². The molecule has 3 atom stereocenters. The molecular formula is C24H26N2O5. The number of aliphatic carboxylic acids is 1. The molecule has 2 aliphatic carbocycles. The molecule has 2 amide bonds. The van der Waals surface area contributed by atoms with Crippen molar-refractivity contribution in [3.8, 4) is 11.1 Å². The van der Waals surface area contributed by atoms with E-state index in [1.807, 2.05) is 36.4 Å². The third-order valence-electron chi connectivity index (χ3n) is 6.23. The highest BCUT2D eigenvalue weighted by Gasteiger charge is 2.35. The van der Waals surface area contributed by atoms with Crippen LogP contribution in [-0.2, 0) is 14.3 Å². The molecule has 2 aromatic carbocycles. The minimum absolute atomic E-state index is 0.0582. The topological polar surface area (TPSA) is 105 Å². The van der Waals surface area contributed by atoms with Gasteiger partial charge in [0.15, 0.2) is 0 Å². The monoisotopic (exact) mass is 422 g/mol. The van der Waals surface area contributed by atoms with Gasteiger partial charge in [0, 0.05) is 12.0 Å². The van der Waals surface area contributed by atoms with Gasteiger partial charge < -0.3 is 20.5 Å². The van der Waals surface area contributed by atoms with E-state index in [-0.39, 0.29) is 12.5 Å². The Hall–Kier alpha value is -3.35. The minimum Gasteiger partial charge on any atom is -0.481 e. The first-order chi connectivity index (χ1) is 15.0. The molecule has 0 unspecified atom stereocenters. The van der Waals surface area contributed by atoms with Crippen molar-refractivity contribution in [3.63, 3.8) is 0 Å². The molecule has 2 aromatic rings. The third kappa shape index (κ3) is 4.26. The van der Waals surface area contributed by atoms with Crippen molar-refractivity contribution < 1.29 is 24.2 Å². The van der Waals surface area contributed by atoms with E-state index in [1.54, 1.807) is 6.92 Å². The third-order valence-corrected chi connectivity index (χ3v) is 6.23. The van der Waals surface area contributed by atoms with Gasteiger partial charge in [-0.1, -0.05) is 55.0 Å². The maximum absolute atomic E-state index is 12.4. The number of alkyl carbamates (subject to hydrolysis) is 1. The molecule has 0 bridgehead atoms. The van der Waals surface area contributed by atoms with Crippen LogP contribution in [0.1, 0.15) is 43.2 Å². The molecule has 162 valence electrons. The highest BCUT2D eigenvalue weighted by Crippen LogP contribution is 2.44. The summed E-state index contributed by atoms with van der Waals surface area (Å²) in [7, 11) is 0. The van der Waals surface area contributed by atoms with Gasteiger partial charge in [0.2, 0.25) is 5.91 Å². The fraction of sp³-hybridized carbons (Fsp3) is 0.375. The van der Waals surface area contributed by atoms with Gasteiger partial charge in [0.1, 0.15) is 12.6 Å². The average Bonchev–Trinajstić information content (AvgIpc) is 3.35. The van der Waals surface area contributed by atoms with Crippen molar-refractivity contribution in [2.24, 2.45) is 5.92 Å². The molecule has 0 heterocycles. The molecule has 0 radical (unpaired) electrons. The summed E-state index contributed by atoms with van der Waals surface area (Å²) < 4.78 is 5.47. The first kappa shape index (κ1) is 20.9. The summed E-state index contributed by atoms with van der Waals surface area (Å²) in [6, 6.07) is 14.9. The zero-order valence-electron chi connectivity index (χ0n) is 17.3. The van der Waals surface area contributed by atoms with E-state index in [2.05, 4.69) is 22.8 Å². The number of hydrogen-bond donors (Lipinski definition) is 3. The van der Waals surface area contributed by atoms with Crippen LogP contribution < -0.4 is 10.6 Å². The van der Waals surface area contributed by atoms with Crippen LogP contribution in [0.15, 0.2) is 48.5 Å². The molecule has 0 spiro atoms. The zero-order chi connectivity index (χ0) is 22.0. The summed E-state index contributed by atoms with van der Waals surface area (Å²) in [5, 5.41) is 14.6. The molecule has 7 heteroatoms. The van der Waals surface area contributed by atoms with Crippen LogP contribution in [-0.4, -0.2) is 41.8 Å². The van der Waals surface area contributed by atoms with Crippen LogP contribution in [0.2, 0.25) is 0 Å². The van der Waals surface area contributed by atoms with Gasteiger partial charge in [-0.05, 0) is 42.0 Å². The Kier molecular flexibility index (Phi) is 5.93. The first-order valence-electron chi connectivity index (χ1n) is 10.6. The zero-order valence-corrected chi connectivity index (χ0v) is 17.3. The lowest BCUT2D eigenvalue weighted by Gasteiger charge is -2.21. The van der Waals surface area contributed by atoms with Crippen molar-refractivity contribution >= 4 is 18.0 Å². The summed E-state index contributed by atoms with van der Waals surface area (Å²) in [6.07, 6.45) is 1.26. The second kappa shape index (κ2) is 8.79. The molecule has 1 saturated carbocycles. The summed E-state index contributed by atoms with van der Waals surface area (Å²) in [5.74, 6) is -1.95. The van der Waals surface area contributed by atoms with Crippen molar-refractivity contribution in [1.29, 1.82) is 0 Å². The first-order valence-corrected chi connectivity index (χ1v) is 10.6. The molecule has 7 nitrogen and oxygen atoms in total. The lowest BCUT2D eigenvalue weighted by Crippen LogP contribution is -2.50. The summed E-state index contributed by atoms with van der Waals surface area (Å²) in [6.45, 7) is 1.72. The number of carboxylic acids is 1. The smallest absolute Gasteiger partial charge is 0.407 e. The van der Waals surface area contributed by atoms with E-state index in [0.29, 0.717) is 12.8 Å². The van der Waals surface area contributed by atoms with Gasteiger partial charge in [-0.25, -0.2) is 4.79 Å². The molecule has 31 heavy (non-hydrogen) atoms. The van der Waals surface area contributed by atoms with Crippen LogP contribution in [0.3, 0.4) is 0 Å². The van der Waals surface area contributed by atoms with Gasteiger partial charge >= 0.3 is 12.1 Å². The number of carbonyl (C=O) groups is 3. The number of amides is 2. The standard InChI is InChI=1S/C24H26N2O5/c1-14(22(27)26-21-12-6-11-19(21)23(28)29)25-24(30)31-13-20-17-9-4-2-7-15(17)16-8-3-5-10-18(16)20/h2-5,7-10,14,19-21H,6,11-13H2,1H3,(H,25,30)(H,26,27)(H,28,29)/t14-,19+,21-/m0/s1. The van der Waals surface area contributed by atoms with Gasteiger partial charge in [-0.3, -0.25) is 9.59 Å². The number of fused-ring (bicyclic) bond motifs is 3. The number of carboxylic acid groups (broad SMARTS) is 1. The summed E-state index contributed by atoms with van der Waals surface area (Å²) in [5.41, 5.74) is 4.51. The van der Waals surface area contributed by atoms with E-state index in [9.17, 15) is 19.5 Å². The number of ether oxygens (including phenoxy) is 1. The second-order valence-electron chi connectivity index (χ2n) is 8.18. The number of benzene rings is 2. The van der Waals surface area contributed by atoms with Gasteiger partial charge in [0.05, 0.1) is 5.92 Å². The van der Waals surface area contributed by atoms with Crippen molar-refractivity contribution in [2.75, 3.05) is 6.61 Å².